The first-order chi connectivity index (χ1) is 9.09. The monoisotopic (exact) mass is 281 g/mol. The molecule has 0 aromatic heterocycles. The summed E-state index contributed by atoms with van der Waals surface area (Å²) in [5.41, 5.74) is -0.167. The van der Waals surface area contributed by atoms with Crippen molar-refractivity contribution in [2.45, 2.75) is 44.1 Å². The Balaban J connectivity index is 1.90. The lowest BCUT2D eigenvalue weighted by Crippen LogP contribution is -2.42. The highest BCUT2D eigenvalue weighted by atomic mass is 35.5. The molecule has 1 fully saturated rings. The predicted molar refractivity (Wildman–Crippen MR) is 76.4 cm³/mol. The fourth-order valence-corrected chi connectivity index (χ4v) is 2.64. The van der Waals surface area contributed by atoms with Crippen LogP contribution in [0.1, 0.15) is 48.9 Å². The fourth-order valence-electron chi connectivity index (χ4n) is 2.51. The van der Waals surface area contributed by atoms with Gasteiger partial charge in [0.05, 0.1) is 5.60 Å². The zero-order valence-electron chi connectivity index (χ0n) is 11.0. The van der Waals surface area contributed by atoms with Gasteiger partial charge in [-0.15, -0.1) is 0 Å². The summed E-state index contributed by atoms with van der Waals surface area (Å²) in [5, 5.41) is 13.9. The van der Waals surface area contributed by atoms with Gasteiger partial charge in [-0.25, -0.2) is 0 Å². The number of amides is 1. The number of carbonyl (C=O) groups is 1. The van der Waals surface area contributed by atoms with Crippen molar-refractivity contribution in [2.24, 2.45) is 0 Å². The zero-order chi connectivity index (χ0) is 13.7. The minimum Gasteiger partial charge on any atom is -0.388 e. The van der Waals surface area contributed by atoms with Crippen LogP contribution in [-0.2, 0) is 0 Å². The molecule has 1 saturated carbocycles. The third-order valence-electron chi connectivity index (χ3n) is 3.72. The van der Waals surface area contributed by atoms with Crippen LogP contribution in [0, 0.1) is 0 Å². The lowest BCUT2D eigenvalue weighted by Gasteiger charge is -2.26. The minimum absolute atomic E-state index is 0.158. The van der Waals surface area contributed by atoms with E-state index in [-0.39, 0.29) is 5.91 Å². The topological polar surface area (TPSA) is 49.3 Å². The predicted octanol–water partition coefficient (Wildman–Crippen LogP) is 3.16. The van der Waals surface area contributed by atoms with Crippen LogP contribution in [0.2, 0.25) is 5.02 Å². The number of halogens is 1. The Kier molecular flexibility index (Phi) is 4.83. The maximum absolute atomic E-state index is 12.0. The molecule has 0 radical (unpaired) electrons. The number of nitrogens with one attached hydrogen (secondary N) is 1. The van der Waals surface area contributed by atoms with Crippen molar-refractivity contribution >= 4 is 17.5 Å². The van der Waals surface area contributed by atoms with Gasteiger partial charge in [-0.3, -0.25) is 4.79 Å². The van der Waals surface area contributed by atoms with E-state index in [9.17, 15) is 9.90 Å². The molecule has 0 saturated heterocycles. The van der Waals surface area contributed by atoms with Crippen LogP contribution in [0.3, 0.4) is 0 Å². The van der Waals surface area contributed by atoms with Gasteiger partial charge in [0.25, 0.3) is 5.91 Å². The van der Waals surface area contributed by atoms with E-state index in [0.29, 0.717) is 17.1 Å². The number of benzene rings is 1. The summed E-state index contributed by atoms with van der Waals surface area (Å²) in [4.78, 5) is 12.0. The zero-order valence-corrected chi connectivity index (χ0v) is 11.7. The molecular formula is C15H20ClNO2. The molecule has 1 aromatic rings. The maximum atomic E-state index is 12.0. The molecule has 104 valence electrons. The Bertz CT molecular complexity index is 422. The van der Waals surface area contributed by atoms with Crippen molar-refractivity contribution in [3.63, 3.8) is 0 Å². The molecule has 2 rings (SSSR count). The van der Waals surface area contributed by atoms with Gasteiger partial charge >= 0.3 is 0 Å². The maximum Gasteiger partial charge on any atom is 0.251 e. The standard InChI is InChI=1S/C15H20ClNO2/c16-13-7-5-12(6-8-13)14(18)17-11-15(19)9-3-1-2-4-10-15/h5-8,19H,1-4,9-11H2,(H,17,18). The van der Waals surface area contributed by atoms with E-state index in [4.69, 9.17) is 11.6 Å². The smallest absolute Gasteiger partial charge is 0.251 e. The van der Waals surface area contributed by atoms with Gasteiger partial charge in [0.15, 0.2) is 0 Å². The van der Waals surface area contributed by atoms with Crippen LogP contribution in [0.25, 0.3) is 0 Å². The van der Waals surface area contributed by atoms with E-state index in [1.165, 1.54) is 12.8 Å². The third-order valence-corrected chi connectivity index (χ3v) is 3.97. The Labute approximate surface area is 119 Å². The highest BCUT2D eigenvalue weighted by Crippen LogP contribution is 2.26. The van der Waals surface area contributed by atoms with Crippen molar-refractivity contribution in [3.8, 4) is 0 Å². The molecule has 0 bridgehead atoms. The van der Waals surface area contributed by atoms with Gasteiger partial charge in [-0.2, -0.15) is 0 Å². The van der Waals surface area contributed by atoms with E-state index >= 15 is 0 Å². The second-order valence-corrected chi connectivity index (χ2v) is 5.76. The summed E-state index contributed by atoms with van der Waals surface area (Å²) in [7, 11) is 0. The highest BCUT2D eigenvalue weighted by molar-refractivity contribution is 6.30. The molecule has 4 heteroatoms. The minimum atomic E-state index is -0.738. The average molecular weight is 282 g/mol. The highest BCUT2D eigenvalue weighted by Gasteiger charge is 2.28. The van der Waals surface area contributed by atoms with E-state index in [1.807, 2.05) is 0 Å². The Hall–Kier alpha value is -1.06. The van der Waals surface area contributed by atoms with Crippen molar-refractivity contribution in [3.05, 3.63) is 34.9 Å². The molecule has 1 aliphatic rings. The molecule has 0 aliphatic heterocycles. The largest absolute Gasteiger partial charge is 0.388 e. The summed E-state index contributed by atoms with van der Waals surface area (Å²) in [6, 6.07) is 6.76. The van der Waals surface area contributed by atoms with Crippen molar-refractivity contribution in [1.82, 2.24) is 5.32 Å². The summed E-state index contributed by atoms with van der Waals surface area (Å²) in [6.45, 7) is 0.328. The summed E-state index contributed by atoms with van der Waals surface area (Å²) in [5.74, 6) is -0.158. The first-order valence-corrected chi connectivity index (χ1v) is 7.23. The van der Waals surface area contributed by atoms with E-state index in [0.717, 1.165) is 25.7 Å². The van der Waals surface area contributed by atoms with Crippen LogP contribution in [0.5, 0.6) is 0 Å². The molecule has 3 nitrogen and oxygen atoms in total. The molecule has 1 aromatic carbocycles. The number of carbonyl (C=O) groups excluding carboxylic acids is 1. The van der Waals surface area contributed by atoms with Crippen LogP contribution in [0.15, 0.2) is 24.3 Å². The summed E-state index contributed by atoms with van der Waals surface area (Å²) < 4.78 is 0. The molecule has 2 N–H and O–H groups in total. The van der Waals surface area contributed by atoms with Gasteiger partial charge in [-0.1, -0.05) is 37.3 Å². The van der Waals surface area contributed by atoms with Crippen molar-refractivity contribution in [2.75, 3.05) is 6.54 Å². The number of hydrogen-bond acceptors (Lipinski definition) is 2. The van der Waals surface area contributed by atoms with Crippen LogP contribution in [0.4, 0.5) is 0 Å². The number of hydrogen-bond donors (Lipinski definition) is 2. The van der Waals surface area contributed by atoms with Crippen LogP contribution in [-0.4, -0.2) is 23.2 Å². The van der Waals surface area contributed by atoms with Crippen molar-refractivity contribution < 1.29 is 9.90 Å². The SMILES string of the molecule is O=C(NCC1(O)CCCCCC1)c1ccc(Cl)cc1. The second kappa shape index (κ2) is 6.40. The van der Waals surface area contributed by atoms with Gasteiger partial charge in [0.2, 0.25) is 0 Å². The van der Waals surface area contributed by atoms with E-state index < -0.39 is 5.60 Å². The Morgan fingerprint density at radius 2 is 1.74 bits per heavy atom. The van der Waals surface area contributed by atoms with Crippen LogP contribution < -0.4 is 5.32 Å². The van der Waals surface area contributed by atoms with Gasteiger partial charge in [0, 0.05) is 17.1 Å². The third kappa shape index (κ3) is 4.22. The molecule has 1 aliphatic carbocycles. The summed E-state index contributed by atoms with van der Waals surface area (Å²) >= 11 is 5.78. The van der Waals surface area contributed by atoms with Gasteiger partial charge in [-0.05, 0) is 37.1 Å². The van der Waals surface area contributed by atoms with Crippen LogP contribution >= 0.6 is 11.6 Å². The normalized spacial score (nSPS) is 18.6. The first kappa shape index (κ1) is 14.4. The molecule has 0 unspecified atom stereocenters. The lowest BCUT2D eigenvalue weighted by atomic mass is 9.94. The van der Waals surface area contributed by atoms with Gasteiger partial charge in [0.1, 0.15) is 0 Å². The molecule has 1 amide bonds. The number of rotatable bonds is 3. The van der Waals surface area contributed by atoms with E-state index in [2.05, 4.69) is 5.32 Å². The molecule has 0 spiro atoms. The molecule has 0 heterocycles. The summed E-state index contributed by atoms with van der Waals surface area (Å²) in [6.07, 6.45) is 5.96. The fraction of sp³-hybridized carbons (Fsp3) is 0.533. The lowest BCUT2D eigenvalue weighted by molar-refractivity contribution is 0.0246. The Morgan fingerprint density at radius 3 is 2.32 bits per heavy atom. The quantitative estimate of drug-likeness (QED) is 0.836. The molecular weight excluding hydrogens is 262 g/mol. The Morgan fingerprint density at radius 1 is 1.16 bits per heavy atom. The average Bonchev–Trinajstić information content (AvgIpc) is 2.62. The number of aliphatic hydroxyl groups is 1. The van der Waals surface area contributed by atoms with Gasteiger partial charge < -0.3 is 10.4 Å². The second-order valence-electron chi connectivity index (χ2n) is 5.33. The molecule has 0 atom stereocenters. The van der Waals surface area contributed by atoms with Crippen molar-refractivity contribution in [1.29, 1.82) is 0 Å². The molecule has 19 heavy (non-hydrogen) atoms. The first-order valence-electron chi connectivity index (χ1n) is 6.85. The van der Waals surface area contributed by atoms with E-state index in [1.54, 1.807) is 24.3 Å².